The zero-order valence-electron chi connectivity index (χ0n) is 10.7. The molecule has 0 spiro atoms. The van der Waals surface area contributed by atoms with Gasteiger partial charge in [0.15, 0.2) is 0 Å². The Morgan fingerprint density at radius 3 is 2.06 bits per heavy atom. The molecule has 0 aliphatic heterocycles. The van der Waals surface area contributed by atoms with Crippen LogP contribution in [0.5, 0.6) is 5.75 Å². The fourth-order valence-electron chi connectivity index (χ4n) is 2.07. The van der Waals surface area contributed by atoms with Crippen molar-refractivity contribution in [2.45, 2.75) is 26.4 Å². The van der Waals surface area contributed by atoms with Gasteiger partial charge in [0.1, 0.15) is 5.75 Å². The Kier molecular flexibility index (Phi) is 4.37. The molecule has 2 nitrogen and oxygen atoms in total. The summed E-state index contributed by atoms with van der Waals surface area (Å²) in [5.74, 6) is 0.355. The summed E-state index contributed by atoms with van der Waals surface area (Å²) in [7, 11) is 0. The van der Waals surface area contributed by atoms with Gasteiger partial charge in [0.2, 0.25) is 0 Å². The van der Waals surface area contributed by atoms with Crippen LogP contribution >= 0.6 is 0 Å². The smallest absolute Gasteiger partial charge is 0.120 e. The van der Waals surface area contributed by atoms with E-state index in [1.807, 2.05) is 18.2 Å². The van der Waals surface area contributed by atoms with Gasteiger partial charge < -0.3 is 10.4 Å². The average Bonchev–Trinajstić information content (AvgIpc) is 2.41. The number of aryl methyl sites for hydroxylation is 1. The summed E-state index contributed by atoms with van der Waals surface area (Å²) in [6, 6.07) is 15.9. The molecule has 0 aromatic heterocycles. The van der Waals surface area contributed by atoms with Crippen molar-refractivity contribution in [2.24, 2.45) is 0 Å². The van der Waals surface area contributed by atoms with E-state index in [2.05, 4.69) is 36.5 Å². The predicted octanol–water partition coefficient (Wildman–Crippen LogP) is 3.24. The molecule has 0 saturated heterocycles. The third-order valence-electron chi connectivity index (χ3n) is 3.12. The molecule has 0 aliphatic rings. The summed E-state index contributed by atoms with van der Waals surface area (Å²) >= 11 is 0. The number of phenols is 1. The van der Waals surface area contributed by atoms with Gasteiger partial charge in [0, 0.05) is 18.7 Å². The molecule has 0 heterocycles. The van der Waals surface area contributed by atoms with E-state index in [4.69, 9.17) is 0 Å². The van der Waals surface area contributed by atoms with Gasteiger partial charge >= 0.3 is 0 Å². The topological polar surface area (TPSA) is 32.3 Å². The van der Waals surface area contributed by atoms with Gasteiger partial charge in [-0.15, -0.1) is 0 Å². The fourth-order valence-corrected chi connectivity index (χ4v) is 2.07. The van der Waals surface area contributed by atoms with Crippen LogP contribution in [0.4, 0.5) is 0 Å². The van der Waals surface area contributed by atoms with Crippen LogP contribution in [0.15, 0.2) is 48.5 Å². The average molecular weight is 241 g/mol. The van der Waals surface area contributed by atoms with Crippen molar-refractivity contribution in [3.63, 3.8) is 0 Å². The van der Waals surface area contributed by atoms with Crippen molar-refractivity contribution in [3.05, 3.63) is 65.2 Å². The van der Waals surface area contributed by atoms with Crippen molar-refractivity contribution in [3.8, 4) is 5.75 Å². The molecule has 2 rings (SSSR count). The van der Waals surface area contributed by atoms with Gasteiger partial charge in [0.25, 0.3) is 0 Å². The van der Waals surface area contributed by atoms with Gasteiger partial charge in [-0.3, -0.25) is 0 Å². The Morgan fingerprint density at radius 2 is 1.39 bits per heavy atom. The van der Waals surface area contributed by atoms with Gasteiger partial charge in [0.05, 0.1) is 0 Å². The molecule has 0 atom stereocenters. The van der Waals surface area contributed by atoms with E-state index in [9.17, 15) is 5.11 Å². The van der Waals surface area contributed by atoms with Crippen LogP contribution in [-0.2, 0) is 19.5 Å². The first kappa shape index (κ1) is 12.7. The predicted molar refractivity (Wildman–Crippen MR) is 74.5 cm³/mol. The van der Waals surface area contributed by atoms with Crippen LogP contribution in [0.3, 0.4) is 0 Å². The largest absolute Gasteiger partial charge is 0.508 e. The van der Waals surface area contributed by atoms with Crippen molar-refractivity contribution < 1.29 is 5.11 Å². The second kappa shape index (κ2) is 6.22. The Hall–Kier alpha value is -1.80. The molecule has 0 unspecified atom stereocenters. The first-order valence-electron chi connectivity index (χ1n) is 6.35. The van der Waals surface area contributed by atoms with Crippen LogP contribution in [0.1, 0.15) is 23.6 Å². The Bertz CT molecular complexity index is 508. The van der Waals surface area contributed by atoms with Crippen LogP contribution in [-0.4, -0.2) is 5.11 Å². The van der Waals surface area contributed by atoms with E-state index in [1.54, 1.807) is 6.07 Å². The van der Waals surface area contributed by atoms with E-state index < -0.39 is 0 Å². The summed E-state index contributed by atoms with van der Waals surface area (Å²) in [5.41, 5.74) is 3.64. The normalized spacial score (nSPS) is 10.5. The number of aromatic hydroxyl groups is 1. The molecule has 0 fully saturated rings. The minimum Gasteiger partial charge on any atom is -0.508 e. The van der Waals surface area contributed by atoms with E-state index in [0.717, 1.165) is 18.5 Å². The number of benzene rings is 2. The van der Waals surface area contributed by atoms with Crippen LogP contribution in [0, 0.1) is 0 Å². The summed E-state index contributed by atoms with van der Waals surface area (Å²) in [4.78, 5) is 0. The fraction of sp³-hybridized carbons (Fsp3) is 0.250. The van der Waals surface area contributed by atoms with E-state index >= 15 is 0 Å². The molecule has 2 heteroatoms. The molecule has 2 N–H and O–H groups in total. The van der Waals surface area contributed by atoms with Gasteiger partial charge in [-0.1, -0.05) is 49.4 Å². The van der Waals surface area contributed by atoms with E-state index in [1.165, 1.54) is 11.1 Å². The van der Waals surface area contributed by atoms with Crippen LogP contribution in [0.25, 0.3) is 0 Å². The Balaban J connectivity index is 1.95. The first-order chi connectivity index (χ1) is 8.81. The number of para-hydroxylation sites is 1. The lowest BCUT2D eigenvalue weighted by Gasteiger charge is -2.10. The molecule has 0 saturated carbocycles. The summed E-state index contributed by atoms with van der Waals surface area (Å²) < 4.78 is 0. The second-order valence-corrected chi connectivity index (χ2v) is 4.35. The minimum absolute atomic E-state index is 0.355. The molecule has 2 aromatic rings. The molecule has 0 bridgehead atoms. The standard InChI is InChI=1S/C16H19NO/c1-2-13-7-3-4-8-14(13)11-17-12-15-9-5-6-10-16(15)18/h3-10,17-18H,2,11-12H2,1H3. The van der Waals surface area contributed by atoms with Gasteiger partial charge in [-0.25, -0.2) is 0 Å². The summed E-state index contributed by atoms with van der Waals surface area (Å²) in [5, 5.41) is 13.0. The quantitative estimate of drug-likeness (QED) is 0.842. The lowest BCUT2D eigenvalue weighted by atomic mass is 10.1. The third-order valence-corrected chi connectivity index (χ3v) is 3.12. The van der Waals surface area contributed by atoms with Crippen molar-refractivity contribution in [1.29, 1.82) is 0 Å². The lowest BCUT2D eigenvalue weighted by molar-refractivity contribution is 0.464. The van der Waals surface area contributed by atoms with E-state index in [0.29, 0.717) is 12.3 Å². The second-order valence-electron chi connectivity index (χ2n) is 4.35. The highest BCUT2D eigenvalue weighted by Crippen LogP contribution is 2.15. The third kappa shape index (κ3) is 3.11. The Morgan fingerprint density at radius 1 is 0.833 bits per heavy atom. The molecule has 0 amide bonds. The van der Waals surface area contributed by atoms with Crippen molar-refractivity contribution >= 4 is 0 Å². The number of hydrogen-bond donors (Lipinski definition) is 2. The highest BCUT2D eigenvalue weighted by atomic mass is 16.3. The Labute approximate surface area is 108 Å². The maximum absolute atomic E-state index is 9.67. The minimum atomic E-state index is 0.355. The lowest BCUT2D eigenvalue weighted by Crippen LogP contribution is -2.13. The molecular weight excluding hydrogens is 222 g/mol. The molecule has 18 heavy (non-hydrogen) atoms. The molecule has 94 valence electrons. The summed E-state index contributed by atoms with van der Waals surface area (Å²) in [6.45, 7) is 3.69. The highest BCUT2D eigenvalue weighted by molar-refractivity contribution is 5.32. The van der Waals surface area contributed by atoms with Crippen LogP contribution in [0.2, 0.25) is 0 Å². The maximum atomic E-state index is 9.67. The van der Waals surface area contributed by atoms with Crippen molar-refractivity contribution in [1.82, 2.24) is 5.32 Å². The number of rotatable bonds is 5. The highest BCUT2D eigenvalue weighted by Gasteiger charge is 2.01. The molecule has 0 radical (unpaired) electrons. The zero-order chi connectivity index (χ0) is 12.8. The SMILES string of the molecule is CCc1ccccc1CNCc1ccccc1O. The molecule has 2 aromatic carbocycles. The van der Waals surface area contributed by atoms with Crippen LogP contribution < -0.4 is 5.32 Å². The summed E-state index contributed by atoms with van der Waals surface area (Å²) in [6.07, 6.45) is 1.05. The monoisotopic (exact) mass is 241 g/mol. The van der Waals surface area contributed by atoms with Crippen molar-refractivity contribution in [2.75, 3.05) is 0 Å². The number of hydrogen-bond acceptors (Lipinski definition) is 2. The molecular formula is C16H19NO. The number of nitrogens with one attached hydrogen (secondary N) is 1. The zero-order valence-corrected chi connectivity index (χ0v) is 10.7. The van der Waals surface area contributed by atoms with Gasteiger partial charge in [-0.05, 0) is 23.6 Å². The molecule has 0 aliphatic carbocycles. The number of phenolic OH excluding ortho intramolecular Hbond substituents is 1. The van der Waals surface area contributed by atoms with E-state index in [-0.39, 0.29) is 0 Å². The van der Waals surface area contributed by atoms with Gasteiger partial charge in [-0.2, -0.15) is 0 Å². The first-order valence-corrected chi connectivity index (χ1v) is 6.35. The maximum Gasteiger partial charge on any atom is 0.120 e.